The number of hydrogen-bond acceptors (Lipinski definition) is 4. The molecule has 0 aliphatic heterocycles. The van der Waals surface area contributed by atoms with Crippen molar-refractivity contribution in [1.82, 2.24) is 9.97 Å². The standard InChI is InChI=1S/C10H15ClN4/c11-9-5-10(14-6-13-9)15-8-3-1-7(12)2-4-8/h5-8H,1-4,12H2,(H,13,14,15)/t7-,8-. The maximum Gasteiger partial charge on any atom is 0.134 e. The first-order valence-electron chi connectivity index (χ1n) is 5.23. The van der Waals surface area contributed by atoms with Crippen LogP contribution in [0.2, 0.25) is 5.15 Å². The highest BCUT2D eigenvalue weighted by molar-refractivity contribution is 6.29. The van der Waals surface area contributed by atoms with Crippen molar-refractivity contribution in [3.8, 4) is 0 Å². The average molecular weight is 227 g/mol. The van der Waals surface area contributed by atoms with Crippen LogP contribution in [-0.2, 0) is 0 Å². The zero-order valence-electron chi connectivity index (χ0n) is 8.49. The zero-order valence-corrected chi connectivity index (χ0v) is 9.24. The fourth-order valence-electron chi connectivity index (χ4n) is 1.89. The molecule has 1 aliphatic carbocycles. The minimum atomic E-state index is 0.372. The van der Waals surface area contributed by atoms with Crippen LogP contribution >= 0.6 is 11.6 Å². The number of nitrogens with zero attached hydrogens (tertiary/aromatic N) is 2. The van der Waals surface area contributed by atoms with Gasteiger partial charge in [-0.1, -0.05) is 11.6 Å². The third kappa shape index (κ3) is 3.04. The summed E-state index contributed by atoms with van der Waals surface area (Å²) in [7, 11) is 0. The molecule has 1 fully saturated rings. The van der Waals surface area contributed by atoms with Gasteiger partial charge >= 0.3 is 0 Å². The number of aromatic nitrogens is 2. The highest BCUT2D eigenvalue weighted by atomic mass is 35.5. The van der Waals surface area contributed by atoms with E-state index in [9.17, 15) is 0 Å². The van der Waals surface area contributed by atoms with E-state index in [1.807, 2.05) is 0 Å². The van der Waals surface area contributed by atoms with E-state index in [1.165, 1.54) is 6.33 Å². The van der Waals surface area contributed by atoms with Crippen molar-refractivity contribution in [3.63, 3.8) is 0 Å². The van der Waals surface area contributed by atoms with Gasteiger partial charge in [0, 0.05) is 18.2 Å². The second kappa shape index (κ2) is 4.77. The van der Waals surface area contributed by atoms with Crippen molar-refractivity contribution < 1.29 is 0 Å². The normalized spacial score (nSPS) is 26.3. The summed E-state index contributed by atoms with van der Waals surface area (Å²) in [6.07, 6.45) is 5.83. The molecule has 1 aromatic rings. The molecule has 2 rings (SSSR count). The second-order valence-electron chi connectivity index (χ2n) is 3.98. The van der Waals surface area contributed by atoms with Crippen LogP contribution in [0.1, 0.15) is 25.7 Å². The van der Waals surface area contributed by atoms with E-state index in [2.05, 4.69) is 15.3 Å². The molecule has 0 radical (unpaired) electrons. The van der Waals surface area contributed by atoms with Crippen LogP contribution in [0.3, 0.4) is 0 Å². The van der Waals surface area contributed by atoms with Crippen LogP contribution < -0.4 is 11.1 Å². The highest BCUT2D eigenvalue weighted by Crippen LogP contribution is 2.20. The Morgan fingerprint density at radius 2 is 2.00 bits per heavy atom. The summed E-state index contributed by atoms with van der Waals surface area (Å²) in [5.74, 6) is 0.801. The third-order valence-corrected chi connectivity index (χ3v) is 2.96. The smallest absolute Gasteiger partial charge is 0.134 e. The summed E-state index contributed by atoms with van der Waals surface area (Å²) in [6.45, 7) is 0. The van der Waals surface area contributed by atoms with Crippen LogP contribution in [0.25, 0.3) is 0 Å². The van der Waals surface area contributed by atoms with Gasteiger partial charge in [-0.05, 0) is 25.7 Å². The predicted octanol–water partition coefficient (Wildman–Crippen LogP) is 1.81. The Kier molecular flexibility index (Phi) is 3.38. The van der Waals surface area contributed by atoms with E-state index >= 15 is 0 Å². The van der Waals surface area contributed by atoms with E-state index in [1.54, 1.807) is 6.07 Å². The van der Waals surface area contributed by atoms with Gasteiger partial charge in [0.1, 0.15) is 17.3 Å². The lowest BCUT2D eigenvalue weighted by molar-refractivity contribution is 0.410. The largest absolute Gasteiger partial charge is 0.367 e. The van der Waals surface area contributed by atoms with Crippen molar-refractivity contribution in [2.45, 2.75) is 37.8 Å². The van der Waals surface area contributed by atoms with Gasteiger partial charge in [0.2, 0.25) is 0 Å². The van der Waals surface area contributed by atoms with Gasteiger partial charge in [-0.3, -0.25) is 0 Å². The van der Waals surface area contributed by atoms with Gasteiger partial charge in [0.15, 0.2) is 0 Å². The second-order valence-corrected chi connectivity index (χ2v) is 4.37. The molecule has 3 N–H and O–H groups in total. The Bertz CT molecular complexity index is 323. The summed E-state index contributed by atoms with van der Waals surface area (Å²) in [5.41, 5.74) is 5.84. The summed E-state index contributed by atoms with van der Waals surface area (Å²) in [4.78, 5) is 7.95. The van der Waals surface area contributed by atoms with Gasteiger partial charge in [-0.15, -0.1) is 0 Å². The number of halogens is 1. The van der Waals surface area contributed by atoms with E-state index in [4.69, 9.17) is 17.3 Å². The molecular formula is C10H15ClN4. The Balaban J connectivity index is 1.92. The number of rotatable bonds is 2. The Morgan fingerprint density at radius 1 is 1.27 bits per heavy atom. The minimum absolute atomic E-state index is 0.372. The Morgan fingerprint density at radius 3 is 2.67 bits per heavy atom. The molecule has 15 heavy (non-hydrogen) atoms. The van der Waals surface area contributed by atoms with Crippen molar-refractivity contribution in [3.05, 3.63) is 17.5 Å². The first-order valence-corrected chi connectivity index (χ1v) is 5.61. The van der Waals surface area contributed by atoms with Crippen molar-refractivity contribution in [2.24, 2.45) is 5.73 Å². The molecule has 1 heterocycles. The van der Waals surface area contributed by atoms with Crippen LogP contribution in [0.15, 0.2) is 12.4 Å². The van der Waals surface area contributed by atoms with E-state index in [0.717, 1.165) is 31.5 Å². The van der Waals surface area contributed by atoms with Gasteiger partial charge in [-0.25, -0.2) is 9.97 Å². The van der Waals surface area contributed by atoms with Crippen molar-refractivity contribution in [2.75, 3.05) is 5.32 Å². The summed E-state index contributed by atoms with van der Waals surface area (Å²) in [6, 6.07) is 2.59. The molecule has 1 saturated carbocycles. The minimum Gasteiger partial charge on any atom is -0.367 e. The van der Waals surface area contributed by atoms with Crippen LogP contribution in [0.5, 0.6) is 0 Å². The maximum atomic E-state index is 5.84. The molecule has 4 nitrogen and oxygen atoms in total. The quantitative estimate of drug-likeness (QED) is 0.755. The zero-order chi connectivity index (χ0) is 10.7. The van der Waals surface area contributed by atoms with Crippen LogP contribution in [0.4, 0.5) is 5.82 Å². The lowest BCUT2D eigenvalue weighted by atomic mass is 9.92. The molecule has 0 bridgehead atoms. The van der Waals surface area contributed by atoms with Crippen LogP contribution in [-0.4, -0.2) is 22.1 Å². The Labute approximate surface area is 94.2 Å². The predicted molar refractivity (Wildman–Crippen MR) is 60.9 cm³/mol. The summed E-state index contributed by atoms with van der Waals surface area (Å²) in [5, 5.41) is 3.82. The average Bonchev–Trinajstić information content (AvgIpc) is 2.22. The molecule has 0 amide bonds. The third-order valence-electron chi connectivity index (χ3n) is 2.76. The van der Waals surface area contributed by atoms with E-state index in [0.29, 0.717) is 17.2 Å². The van der Waals surface area contributed by atoms with Crippen molar-refractivity contribution >= 4 is 17.4 Å². The van der Waals surface area contributed by atoms with Gasteiger partial charge in [-0.2, -0.15) is 0 Å². The molecule has 0 atom stereocenters. The molecule has 0 aromatic carbocycles. The summed E-state index contributed by atoms with van der Waals surface area (Å²) < 4.78 is 0. The monoisotopic (exact) mass is 226 g/mol. The van der Waals surface area contributed by atoms with E-state index in [-0.39, 0.29) is 0 Å². The molecule has 82 valence electrons. The first-order chi connectivity index (χ1) is 7.24. The van der Waals surface area contributed by atoms with Gasteiger partial charge in [0.25, 0.3) is 0 Å². The van der Waals surface area contributed by atoms with Crippen LogP contribution in [0, 0.1) is 0 Å². The topological polar surface area (TPSA) is 63.8 Å². The number of nitrogens with one attached hydrogen (secondary N) is 1. The van der Waals surface area contributed by atoms with Gasteiger partial charge < -0.3 is 11.1 Å². The SMILES string of the molecule is N[C@H]1CC[C@H](Nc2cc(Cl)ncn2)CC1. The fourth-order valence-corrected chi connectivity index (χ4v) is 2.03. The van der Waals surface area contributed by atoms with E-state index < -0.39 is 0 Å². The maximum absolute atomic E-state index is 5.84. The molecule has 0 unspecified atom stereocenters. The molecule has 1 aliphatic rings. The molecule has 0 saturated heterocycles. The molecule has 0 spiro atoms. The lowest BCUT2D eigenvalue weighted by Crippen LogP contribution is -2.33. The number of anilines is 1. The number of hydrogen-bond donors (Lipinski definition) is 2. The number of nitrogens with two attached hydrogens (primary N) is 1. The molecule has 5 heteroatoms. The summed E-state index contributed by atoms with van der Waals surface area (Å²) >= 11 is 5.77. The Hall–Kier alpha value is -0.870. The molecular weight excluding hydrogens is 212 g/mol. The van der Waals surface area contributed by atoms with Gasteiger partial charge in [0.05, 0.1) is 0 Å². The highest BCUT2D eigenvalue weighted by Gasteiger charge is 2.18. The fraction of sp³-hybridized carbons (Fsp3) is 0.600. The van der Waals surface area contributed by atoms with Crippen molar-refractivity contribution in [1.29, 1.82) is 0 Å². The lowest BCUT2D eigenvalue weighted by Gasteiger charge is -2.27. The first kappa shape index (κ1) is 10.6. The molecule has 1 aromatic heterocycles.